The molecule has 1 fully saturated rings. The molecule has 0 aromatic heterocycles. The largest absolute Gasteiger partial charge is 0.388 e. The van der Waals surface area contributed by atoms with Crippen LogP contribution in [0.25, 0.3) is 0 Å². The first-order valence-corrected chi connectivity index (χ1v) is 3.49. The summed E-state index contributed by atoms with van der Waals surface area (Å²) in [6.45, 7) is 1.58. The van der Waals surface area contributed by atoms with Crippen molar-refractivity contribution < 1.29 is 20.1 Å². The van der Waals surface area contributed by atoms with Crippen LogP contribution in [0.1, 0.15) is 6.92 Å². The van der Waals surface area contributed by atoms with Crippen molar-refractivity contribution in [3.8, 4) is 0 Å². The highest BCUT2D eigenvalue weighted by Crippen LogP contribution is 2.17. The first-order chi connectivity index (χ1) is 5.04. The van der Waals surface area contributed by atoms with Gasteiger partial charge in [-0.1, -0.05) is 0 Å². The van der Waals surface area contributed by atoms with Gasteiger partial charge in [-0.15, -0.1) is 0 Å². The van der Waals surface area contributed by atoms with Gasteiger partial charge in [0.25, 0.3) is 0 Å². The van der Waals surface area contributed by atoms with Gasteiger partial charge in [0.2, 0.25) is 0 Å². The van der Waals surface area contributed by atoms with Gasteiger partial charge in [-0.25, -0.2) is 0 Å². The molecule has 2 unspecified atom stereocenters. The van der Waals surface area contributed by atoms with Crippen LogP contribution in [0.15, 0.2) is 0 Å². The number of hydrogen-bond donors (Lipinski definition) is 4. The quantitative estimate of drug-likeness (QED) is 0.324. The van der Waals surface area contributed by atoms with E-state index in [9.17, 15) is 0 Å². The van der Waals surface area contributed by atoms with E-state index in [-0.39, 0.29) is 0 Å². The van der Waals surface area contributed by atoms with Crippen LogP contribution < -0.4 is 5.73 Å². The Hall–Kier alpha value is -0.200. The zero-order chi connectivity index (χ0) is 8.59. The molecule has 0 spiro atoms. The van der Waals surface area contributed by atoms with E-state index in [0.717, 1.165) is 0 Å². The summed E-state index contributed by atoms with van der Waals surface area (Å²) in [5, 5.41) is 27.3. The fourth-order valence-corrected chi connectivity index (χ4v) is 1.08. The molecule has 5 atom stereocenters. The maximum absolute atomic E-state index is 9.14. The van der Waals surface area contributed by atoms with Crippen molar-refractivity contribution in [2.45, 2.75) is 37.6 Å². The molecule has 0 amide bonds. The van der Waals surface area contributed by atoms with Gasteiger partial charge in [-0.3, -0.25) is 0 Å². The van der Waals surface area contributed by atoms with Crippen molar-refractivity contribution >= 4 is 0 Å². The van der Waals surface area contributed by atoms with E-state index in [1.165, 1.54) is 0 Å². The number of hydrogen-bond acceptors (Lipinski definition) is 5. The Morgan fingerprint density at radius 3 is 2.18 bits per heavy atom. The molecule has 1 aliphatic rings. The van der Waals surface area contributed by atoms with Crippen LogP contribution in [-0.2, 0) is 4.74 Å². The Bertz CT molecular complexity index is 129. The van der Waals surface area contributed by atoms with Gasteiger partial charge in [0.1, 0.15) is 24.5 Å². The van der Waals surface area contributed by atoms with Crippen molar-refractivity contribution in [3.63, 3.8) is 0 Å². The number of aliphatic hydroxyl groups excluding tert-OH is 3. The first kappa shape index (κ1) is 8.89. The molecule has 1 heterocycles. The fraction of sp³-hybridized carbons (Fsp3) is 1.00. The third kappa shape index (κ3) is 1.52. The predicted octanol–water partition coefficient (Wildman–Crippen LogP) is -2.23. The fourth-order valence-electron chi connectivity index (χ4n) is 1.08. The van der Waals surface area contributed by atoms with Crippen LogP contribution in [0, 0.1) is 0 Å². The monoisotopic (exact) mass is 163 g/mol. The van der Waals surface area contributed by atoms with Gasteiger partial charge in [0, 0.05) is 0 Å². The molecule has 0 aromatic rings. The molecular weight excluding hydrogens is 150 g/mol. The number of ether oxygens (including phenoxy) is 1. The summed E-state index contributed by atoms with van der Waals surface area (Å²) in [6.07, 6.45) is -4.94. The SMILES string of the molecule is CC1O[C@@H](N)C(O)[C@@H](O)[C@@H]1O. The molecule has 1 saturated heterocycles. The van der Waals surface area contributed by atoms with Gasteiger partial charge in [-0.2, -0.15) is 0 Å². The Morgan fingerprint density at radius 2 is 1.64 bits per heavy atom. The highest BCUT2D eigenvalue weighted by atomic mass is 16.5. The minimum Gasteiger partial charge on any atom is -0.388 e. The number of aliphatic hydroxyl groups is 3. The van der Waals surface area contributed by atoms with E-state index in [2.05, 4.69) is 0 Å². The summed E-state index contributed by atoms with van der Waals surface area (Å²) in [4.78, 5) is 0. The van der Waals surface area contributed by atoms with Gasteiger partial charge in [-0.05, 0) is 6.92 Å². The second-order valence-electron chi connectivity index (χ2n) is 2.78. The molecule has 0 bridgehead atoms. The predicted molar refractivity (Wildman–Crippen MR) is 36.5 cm³/mol. The van der Waals surface area contributed by atoms with Gasteiger partial charge >= 0.3 is 0 Å². The smallest absolute Gasteiger partial charge is 0.135 e. The minimum atomic E-state index is -1.21. The zero-order valence-electron chi connectivity index (χ0n) is 6.21. The molecular formula is C6H13NO4. The van der Waals surface area contributed by atoms with Gasteiger partial charge in [0.05, 0.1) is 6.10 Å². The molecule has 66 valence electrons. The highest BCUT2D eigenvalue weighted by molar-refractivity contribution is 4.87. The second-order valence-corrected chi connectivity index (χ2v) is 2.78. The van der Waals surface area contributed by atoms with E-state index in [0.29, 0.717) is 0 Å². The number of rotatable bonds is 0. The maximum Gasteiger partial charge on any atom is 0.135 e. The molecule has 0 saturated carbocycles. The lowest BCUT2D eigenvalue weighted by Crippen LogP contribution is -2.59. The second kappa shape index (κ2) is 3.04. The van der Waals surface area contributed by atoms with Crippen LogP contribution in [0.3, 0.4) is 0 Å². The normalized spacial score (nSPS) is 52.6. The van der Waals surface area contributed by atoms with E-state index in [4.69, 9.17) is 25.8 Å². The molecule has 0 radical (unpaired) electrons. The summed E-state index contributed by atoms with van der Waals surface area (Å²) in [5.41, 5.74) is 5.28. The van der Waals surface area contributed by atoms with Crippen molar-refractivity contribution in [2.75, 3.05) is 0 Å². The van der Waals surface area contributed by atoms with Crippen LogP contribution in [0.5, 0.6) is 0 Å². The summed E-state index contributed by atoms with van der Waals surface area (Å²) in [7, 11) is 0. The topological polar surface area (TPSA) is 95.9 Å². The van der Waals surface area contributed by atoms with Crippen LogP contribution >= 0.6 is 0 Å². The van der Waals surface area contributed by atoms with Crippen LogP contribution in [0.4, 0.5) is 0 Å². The first-order valence-electron chi connectivity index (χ1n) is 3.49. The molecule has 5 nitrogen and oxygen atoms in total. The lowest BCUT2D eigenvalue weighted by atomic mass is 9.99. The van der Waals surface area contributed by atoms with Crippen LogP contribution in [0.2, 0.25) is 0 Å². The standard InChI is InChI=1S/C6H13NO4/c1-2-3(8)4(9)5(10)6(7)11-2/h2-6,8-10H,7H2,1H3/t2?,3-,4+,5?,6-/m1/s1. The van der Waals surface area contributed by atoms with Crippen molar-refractivity contribution in [1.82, 2.24) is 0 Å². The Labute approximate surface area is 64.4 Å². The zero-order valence-corrected chi connectivity index (χ0v) is 6.21. The molecule has 5 N–H and O–H groups in total. The average Bonchev–Trinajstić information content (AvgIpc) is 1.97. The van der Waals surface area contributed by atoms with E-state index >= 15 is 0 Å². The lowest BCUT2D eigenvalue weighted by molar-refractivity contribution is -0.215. The lowest BCUT2D eigenvalue weighted by Gasteiger charge is -2.37. The Morgan fingerprint density at radius 1 is 1.09 bits per heavy atom. The van der Waals surface area contributed by atoms with Crippen LogP contribution in [-0.4, -0.2) is 46.0 Å². The third-order valence-corrected chi connectivity index (χ3v) is 1.89. The summed E-state index contributed by atoms with van der Waals surface area (Å²) < 4.78 is 4.90. The molecule has 0 aromatic carbocycles. The molecule has 5 heteroatoms. The third-order valence-electron chi connectivity index (χ3n) is 1.89. The van der Waals surface area contributed by atoms with Gasteiger partial charge in [0.15, 0.2) is 0 Å². The Balaban J connectivity index is 2.63. The van der Waals surface area contributed by atoms with E-state index in [1.807, 2.05) is 0 Å². The number of nitrogens with two attached hydrogens (primary N) is 1. The molecule has 0 aliphatic carbocycles. The van der Waals surface area contributed by atoms with Gasteiger partial charge < -0.3 is 25.8 Å². The molecule has 11 heavy (non-hydrogen) atoms. The summed E-state index contributed by atoms with van der Waals surface area (Å²) in [6, 6.07) is 0. The minimum absolute atomic E-state index is 0.539. The van der Waals surface area contributed by atoms with Crippen molar-refractivity contribution in [3.05, 3.63) is 0 Å². The highest BCUT2D eigenvalue weighted by Gasteiger charge is 2.39. The summed E-state index contributed by atoms with van der Waals surface area (Å²) in [5.74, 6) is 0. The van der Waals surface area contributed by atoms with E-state index < -0.39 is 30.6 Å². The Kier molecular flexibility index (Phi) is 2.46. The molecule has 1 aliphatic heterocycles. The van der Waals surface area contributed by atoms with Crippen molar-refractivity contribution in [1.29, 1.82) is 0 Å². The average molecular weight is 163 g/mol. The summed E-state index contributed by atoms with van der Waals surface area (Å²) >= 11 is 0. The molecule has 1 rings (SSSR count). The van der Waals surface area contributed by atoms with E-state index in [1.54, 1.807) is 6.92 Å². The maximum atomic E-state index is 9.14. The van der Waals surface area contributed by atoms with Crippen molar-refractivity contribution in [2.24, 2.45) is 5.73 Å².